The first-order valence-corrected chi connectivity index (χ1v) is 6.06. The minimum absolute atomic E-state index is 0.0667. The Kier molecular flexibility index (Phi) is 3.79. The molecule has 0 N–H and O–H groups in total. The van der Waals surface area contributed by atoms with E-state index in [4.69, 9.17) is 4.74 Å². The lowest BCUT2D eigenvalue weighted by Crippen LogP contribution is -2.47. The molecule has 0 spiro atoms. The van der Waals surface area contributed by atoms with Gasteiger partial charge in [-0.2, -0.15) is 0 Å². The minimum atomic E-state index is -1.32. The average Bonchev–Trinajstić information content (AvgIpc) is 2.13. The molecular weight excluding hydrogens is 232 g/mol. The van der Waals surface area contributed by atoms with Crippen molar-refractivity contribution in [1.82, 2.24) is 0 Å². The summed E-state index contributed by atoms with van der Waals surface area (Å²) in [4.78, 5) is 35.5. The SMILES string of the molecule is CC(=O)[C@@]1(C(=O)OC(C)(C)C)C=CC(=O)C[C@@H]1C. The van der Waals surface area contributed by atoms with E-state index in [1.54, 1.807) is 27.7 Å². The van der Waals surface area contributed by atoms with E-state index in [0.29, 0.717) is 0 Å². The van der Waals surface area contributed by atoms with Crippen molar-refractivity contribution in [2.24, 2.45) is 11.3 Å². The highest BCUT2D eigenvalue weighted by atomic mass is 16.6. The molecule has 0 unspecified atom stereocenters. The number of ketones is 2. The molecule has 4 heteroatoms. The molecule has 1 aliphatic rings. The number of hydrogen-bond acceptors (Lipinski definition) is 4. The van der Waals surface area contributed by atoms with Crippen LogP contribution >= 0.6 is 0 Å². The third-order valence-electron chi connectivity index (χ3n) is 3.14. The lowest BCUT2D eigenvalue weighted by molar-refractivity contribution is -0.170. The Morgan fingerprint density at radius 3 is 2.33 bits per heavy atom. The summed E-state index contributed by atoms with van der Waals surface area (Å²) in [5.41, 5.74) is -1.98. The van der Waals surface area contributed by atoms with Gasteiger partial charge < -0.3 is 4.74 Å². The second-order valence-electron chi connectivity index (χ2n) is 5.83. The molecule has 0 radical (unpaired) electrons. The molecule has 100 valence electrons. The monoisotopic (exact) mass is 252 g/mol. The number of ether oxygens (including phenoxy) is 1. The van der Waals surface area contributed by atoms with Gasteiger partial charge in [-0.1, -0.05) is 13.0 Å². The maximum absolute atomic E-state index is 12.3. The molecular formula is C14H20O4. The van der Waals surface area contributed by atoms with Crippen LogP contribution in [0.1, 0.15) is 41.0 Å². The van der Waals surface area contributed by atoms with E-state index in [9.17, 15) is 14.4 Å². The lowest BCUT2D eigenvalue weighted by atomic mass is 9.68. The van der Waals surface area contributed by atoms with Crippen LogP contribution in [0.3, 0.4) is 0 Å². The van der Waals surface area contributed by atoms with E-state index in [1.165, 1.54) is 19.1 Å². The molecule has 0 saturated heterocycles. The predicted octanol–water partition coefficient (Wildman–Crippen LogP) is 2.07. The van der Waals surface area contributed by atoms with Crippen LogP contribution in [-0.2, 0) is 19.1 Å². The van der Waals surface area contributed by atoms with Crippen LogP contribution in [0, 0.1) is 11.3 Å². The molecule has 0 aromatic carbocycles. The lowest BCUT2D eigenvalue weighted by Gasteiger charge is -2.36. The Morgan fingerprint density at radius 1 is 1.39 bits per heavy atom. The number of hydrogen-bond donors (Lipinski definition) is 0. The van der Waals surface area contributed by atoms with Gasteiger partial charge in [-0.3, -0.25) is 14.4 Å². The zero-order chi connectivity index (χ0) is 14.1. The molecule has 0 fully saturated rings. The van der Waals surface area contributed by atoms with Crippen LogP contribution < -0.4 is 0 Å². The number of allylic oxidation sites excluding steroid dienone is 1. The number of carbonyl (C=O) groups is 3. The number of rotatable bonds is 2. The standard InChI is InChI=1S/C14H20O4/c1-9-8-11(16)6-7-14(9,10(2)15)12(17)18-13(3,4)5/h6-7,9H,8H2,1-5H3/t9-,14+/m0/s1. The maximum atomic E-state index is 12.3. The Hall–Kier alpha value is -1.45. The third-order valence-corrected chi connectivity index (χ3v) is 3.14. The second-order valence-corrected chi connectivity index (χ2v) is 5.83. The molecule has 2 atom stereocenters. The van der Waals surface area contributed by atoms with E-state index < -0.39 is 17.0 Å². The predicted molar refractivity (Wildman–Crippen MR) is 66.9 cm³/mol. The van der Waals surface area contributed by atoms with Gasteiger partial charge in [0.25, 0.3) is 0 Å². The summed E-state index contributed by atoms with van der Waals surface area (Å²) in [6.07, 6.45) is 2.90. The summed E-state index contributed by atoms with van der Waals surface area (Å²) in [6.45, 7) is 8.34. The third kappa shape index (κ3) is 2.68. The normalized spacial score (nSPS) is 28.1. The second kappa shape index (κ2) is 4.67. The molecule has 0 aromatic rings. The molecule has 18 heavy (non-hydrogen) atoms. The van der Waals surface area contributed by atoms with E-state index in [1.807, 2.05) is 0 Å². The first kappa shape index (κ1) is 14.6. The largest absolute Gasteiger partial charge is 0.459 e. The summed E-state index contributed by atoms with van der Waals surface area (Å²) in [7, 11) is 0. The number of Topliss-reactive ketones (excluding diaryl/α,β-unsaturated/α-hetero) is 1. The molecule has 0 amide bonds. The molecule has 0 aromatic heterocycles. The fraction of sp³-hybridized carbons (Fsp3) is 0.643. The fourth-order valence-corrected chi connectivity index (χ4v) is 2.16. The van der Waals surface area contributed by atoms with Gasteiger partial charge in [-0.15, -0.1) is 0 Å². The molecule has 0 aliphatic heterocycles. The number of esters is 1. The van der Waals surface area contributed by atoms with Crippen LogP contribution in [0.2, 0.25) is 0 Å². The van der Waals surface area contributed by atoms with Crippen molar-refractivity contribution in [1.29, 1.82) is 0 Å². The zero-order valence-corrected chi connectivity index (χ0v) is 11.6. The van der Waals surface area contributed by atoms with Crippen LogP contribution in [0.5, 0.6) is 0 Å². The van der Waals surface area contributed by atoms with Crippen molar-refractivity contribution in [2.45, 2.75) is 46.6 Å². The van der Waals surface area contributed by atoms with Crippen molar-refractivity contribution < 1.29 is 19.1 Å². The summed E-state index contributed by atoms with van der Waals surface area (Å²) >= 11 is 0. The molecule has 0 saturated carbocycles. The first-order valence-electron chi connectivity index (χ1n) is 6.06. The van der Waals surface area contributed by atoms with Crippen molar-refractivity contribution >= 4 is 17.5 Å². The number of carbonyl (C=O) groups excluding carboxylic acids is 3. The van der Waals surface area contributed by atoms with Gasteiger partial charge in [0.1, 0.15) is 11.0 Å². The molecule has 0 bridgehead atoms. The summed E-state index contributed by atoms with van der Waals surface area (Å²) < 4.78 is 5.33. The highest BCUT2D eigenvalue weighted by molar-refractivity contribution is 6.08. The summed E-state index contributed by atoms with van der Waals surface area (Å²) in [5.74, 6) is -1.29. The van der Waals surface area contributed by atoms with Gasteiger partial charge in [0.05, 0.1) is 0 Å². The highest BCUT2D eigenvalue weighted by Crippen LogP contribution is 2.38. The quantitative estimate of drug-likeness (QED) is 0.557. The van der Waals surface area contributed by atoms with Gasteiger partial charge in [0.2, 0.25) is 0 Å². The Balaban J connectivity index is 3.17. The van der Waals surface area contributed by atoms with Crippen LogP contribution in [0.25, 0.3) is 0 Å². The van der Waals surface area contributed by atoms with Crippen LogP contribution in [0.15, 0.2) is 12.2 Å². The van der Waals surface area contributed by atoms with Crippen molar-refractivity contribution in [3.8, 4) is 0 Å². The molecule has 0 heterocycles. The highest BCUT2D eigenvalue weighted by Gasteiger charge is 2.50. The topological polar surface area (TPSA) is 60.4 Å². The summed E-state index contributed by atoms with van der Waals surface area (Å²) in [6, 6.07) is 0. The fourth-order valence-electron chi connectivity index (χ4n) is 2.16. The van der Waals surface area contributed by atoms with E-state index in [0.717, 1.165) is 0 Å². The van der Waals surface area contributed by atoms with Crippen LogP contribution in [0.4, 0.5) is 0 Å². The zero-order valence-electron chi connectivity index (χ0n) is 11.6. The Morgan fingerprint density at radius 2 is 1.94 bits per heavy atom. The molecule has 1 aliphatic carbocycles. The smallest absolute Gasteiger partial charge is 0.324 e. The van der Waals surface area contributed by atoms with E-state index >= 15 is 0 Å². The maximum Gasteiger partial charge on any atom is 0.324 e. The Labute approximate surface area is 107 Å². The van der Waals surface area contributed by atoms with Gasteiger partial charge in [-0.05, 0) is 39.7 Å². The molecule has 4 nitrogen and oxygen atoms in total. The van der Waals surface area contributed by atoms with Crippen LogP contribution in [-0.4, -0.2) is 23.1 Å². The Bertz CT molecular complexity index is 414. The van der Waals surface area contributed by atoms with Crippen molar-refractivity contribution in [2.75, 3.05) is 0 Å². The summed E-state index contributed by atoms with van der Waals surface area (Å²) in [5, 5.41) is 0. The molecule has 1 rings (SSSR count). The minimum Gasteiger partial charge on any atom is -0.459 e. The van der Waals surface area contributed by atoms with E-state index in [-0.39, 0.29) is 23.9 Å². The van der Waals surface area contributed by atoms with Crippen molar-refractivity contribution in [3.05, 3.63) is 12.2 Å². The first-order chi connectivity index (χ1) is 8.09. The van der Waals surface area contributed by atoms with Crippen molar-refractivity contribution in [3.63, 3.8) is 0 Å². The van der Waals surface area contributed by atoms with Gasteiger partial charge in [-0.25, -0.2) is 0 Å². The van der Waals surface area contributed by atoms with Gasteiger partial charge >= 0.3 is 5.97 Å². The van der Waals surface area contributed by atoms with Gasteiger partial charge in [0.15, 0.2) is 11.6 Å². The van der Waals surface area contributed by atoms with E-state index in [2.05, 4.69) is 0 Å². The average molecular weight is 252 g/mol. The van der Waals surface area contributed by atoms with Gasteiger partial charge in [0, 0.05) is 6.42 Å².